The number of amides is 2. The Hall–Kier alpha value is -4.62. The molecule has 1 aliphatic heterocycles. The van der Waals surface area contributed by atoms with E-state index in [1.54, 1.807) is 11.3 Å². The number of anilines is 1. The molecule has 12 heteroatoms. The van der Waals surface area contributed by atoms with Crippen molar-refractivity contribution in [3.63, 3.8) is 0 Å². The van der Waals surface area contributed by atoms with Gasteiger partial charge in [-0.25, -0.2) is 4.98 Å². The lowest BCUT2D eigenvalue weighted by Gasteiger charge is -2.34. The number of hydrogen-bond acceptors (Lipinski definition) is 10. The molecule has 3 aromatic carbocycles. The number of nitrogens with zero attached hydrogens (tertiary/aromatic N) is 3. The molecule has 11 nitrogen and oxygen atoms in total. The molecular formula is C50H70N6O5S. The maximum Gasteiger partial charge on any atom is 0.243 e. The number of nitrogens with one attached hydrogen (secondary N) is 3. The largest absolute Gasteiger partial charge is 0.494 e. The first-order valence-corrected chi connectivity index (χ1v) is 23.3. The average Bonchev–Trinajstić information content (AvgIpc) is 3.86. The van der Waals surface area contributed by atoms with E-state index in [-0.39, 0.29) is 36.6 Å². The molecule has 0 spiro atoms. The summed E-state index contributed by atoms with van der Waals surface area (Å²) in [4.78, 5) is 50.5. The van der Waals surface area contributed by atoms with Gasteiger partial charge in [-0.15, -0.1) is 11.3 Å². The third kappa shape index (κ3) is 14.2. The van der Waals surface area contributed by atoms with E-state index >= 15 is 0 Å². The Morgan fingerprint density at radius 3 is 2.26 bits per heavy atom. The number of carbonyl (C=O) groups is 3. The lowest BCUT2D eigenvalue weighted by molar-refractivity contribution is -0.149. The van der Waals surface area contributed by atoms with Crippen LogP contribution in [0.15, 0.2) is 78.3 Å². The molecule has 0 aliphatic carbocycles. The number of ketones is 1. The second kappa shape index (κ2) is 23.7. The summed E-state index contributed by atoms with van der Waals surface area (Å²) in [5.41, 5.74) is 7.96. The van der Waals surface area contributed by atoms with Crippen molar-refractivity contribution >= 4 is 34.6 Å². The van der Waals surface area contributed by atoms with Gasteiger partial charge in [0, 0.05) is 52.3 Å². The van der Waals surface area contributed by atoms with E-state index in [2.05, 4.69) is 76.3 Å². The van der Waals surface area contributed by atoms with Crippen LogP contribution in [0.2, 0.25) is 0 Å². The first kappa shape index (κ1) is 48.4. The molecule has 1 aromatic heterocycles. The highest BCUT2D eigenvalue weighted by Gasteiger charge is 2.46. The number of thiazole rings is 1. The van der Waals surface area contributed by atoms with Crippen molar-refractivity contribution < 1.29 is 24.2 Å². The summed E-state index contributed by atoms with van der Waals surface area (Å²) in [6.07, 6.45) is 5.13. The molecular weight excluding hydrogens is 797 g/mol. The zero-order valence-corrected chi connectivity index (χ0v) is 38.9. The van der Waals surface area contributed by atoms with Crippen LogP contribution in [-0.4, -0.2) is 85.1 Å². The molecule has 1 saturated heterocycles. The minimum absolute atomic E-state index is 0.0321. The predicted octanol–water partition coefficient (Wildman–Crippen LogP) is 8.24. The monoisotopic (exact) mass is 867 g/mol. The van der Waals surface area contributed by atoms with Gasteiger partial charge in [-0.1, -0.05) is 94.6 Å². The molecule has 62 heavy (non-hydrogen) atoms. The van der Waals surface area contributed by atoms with Crippen molar-refractivity contribution in [1.82, 2.24) is 25.8 Å². The number of aromatic nitrogens is 1. The van der Waals surface area contributed by atoms with Gasteiger partial charge in [0.25, 0.3) is 0 Å². The van der Waals surface area contributed by atoms with Crippen LogP contribution in [-0.2, 0) is 27.5 Å². The van der Waals surface area contributed by atoms with Crippen molar-refractivity contribution in [3.05, 3.63) is 101 Å². The van der Waals surface area contributed by atoms with Crippen LogP contribution in [0.1, 0.15) is 107 Å². The number of para-hydroxylation sites is 1. The number of aliphatic hydroxyl groups excluding tert-OH is 1. The second-order valence-electron chi connectivity index (χ2n) is 18.0. The Balaban J connectivity index is 0.962. The number of benzene rings is 3. The quantitative estimate of drug-likeness (QED) is 0.0406. The fraction of sp³-hybridized carbons (Fsp3) is 0.520. The standard InChI is InChI=1S/C50H70N6O5S/c1-35(38-21-23-39(24-22-38)47-36(2)53-34-62-47)54-48(59)44-30-41(57)33-56(44)49(60)46(50(3,4)5)45(58)18-11-9-8-10-14-29-61-42-25-19-37(20-26-42)31-51-27-15-28-52-32-40-16-12-13-17-43(40)55(6)7/h12-13,16-17,19-26,34-35,41,44,46,51-52,57H,8-11,14-15,18,27-33H2,1-7H3,(H,54,59)/t35?,41?,44?,46-/m0/s1. The molecule has 336 valence electrons. The van der Waals surface area contributed by atoms with E-state index in [0.717, 1.165) is 85.7 Å². The summed E-state index contributed by atoms with van der Waals surface area (Å²) in [6, 6.07) is 23.6. The molecule has 1 fully saturated rings. The third-order valence-electron chi connectivity index (χ3n) is 11.7. The molecule has 0 bridgehead atoms. The number of ether oxygens (including phenoxy) is 1. The van der Waals surface area contributed by atoms with Crippen LogP contribution in [0.3, 0.4) is 0 Å². The molecule has 5 rings (SSSR count). The molecule has 0 radical (unpaired) electrons. The first-order valence-electron chi connectivity index (χ1n) is 22.4. The summed E-state index contributed by atoms with van der Waals surface area (Å²) in [5, 5.41) is 20.8. The van der Waals surface area contributed by atoms with E-state index in [1.807, 2.05) is 76.5 Å². The Kier molecular flexibility index (Phi) is 18.5. The van der Waals surface area contributed by atoms with Gasteiger partial charge in [-0.3, -0.25) is 14.4 Å². The lowest BCUT2D eigenvalue weighted by atomic mass is 9.76. The number of unbranched alkanes of at least 4 members (excludes halogenated alkanes) is 4. The summed E-state index contributed by atoms with van der Waals surface area (Å²) >= 11 is 1.59. The molecule has 4 aromatic rings. The van der Waals surface area contributed by atoms with Gasteiger partial charge >= 0.3 is 0 Å². The summed E-state index contributed by atoms with van der Waals surface area (Å²) in [7, 11) is 4.15. The van der Waals surface area contributed by atoms with Crippen LogP contribution in [0.25, 0.3) is 10.4 Å². The molecule has 4 atom stereocenters. The van der Waals surface area contributed by atoms with Gasteiger partial charge in [0.2, 0.25) is 11.8 Å². The highest BCUT2D eigenvalue weighted by molar-refractivity contribution is 7.13. The van der Waals surface area contributed by atoms with Crippen LogP contribution in [0.4, 0.5) is 5.69 Å². The Morgan fingerprint density at radius 2 is 1.58 bits per heavy atom. The fourth-order valence-corrected chi connectivity index (χ4v) is 9.03. The average molecular weight is 867 g/mol. The number of β-amino-alcohol motifs (C(OH)–C–C–N with tert-alkyl or cyclic N) is 1. The van der Waals surface area contributed by atoms with Crippen LogP contribution >= 0.6 is 11.3 Å². The van der Waals surface area contributed by atoms with Crippen molar-refractivity contribution in [1.29, 1.82) is 0 Å². The molecule has 2 heterocycles. The Bertz CT molecular complexity index is 2010. The zero-order chi connectivity index (χ0) is 44.6. The van der Waals surface area contributed by atoms with Gasteiger partial charge in [0.05, 0.1) is 34.8 Å². The maximum atomic E-state index is 14.1. The summed E-state index contributed by atoms with van der Waals surface area (Å²) in [6.45, 7) is 13.8. The first-order chi connectivity index (χ1) is 29.7. The van der Waals surface area contributed by atoms with E-state index in [0.29, 0.717) is 19.4 Å². The lowest BCUT2D eigenvalue weighted by Crippen LogP contribution is -2.51. The zero-order valence-electron chi connectivity index (χ0n) is 38.0. The minimum Gasteiger partial charge on any atom is -0.494 e. The number of likely N-dealkylation sites (tertiary alicyclic amines) is 1. The molecule has 4 N–H and O–H groups in total. The Labute approximate surface area is 374 Å². The summed E-state index contributed by atoms with van der Waals surface area (Å²) < 4.78 is 6.00. The van der Waals surface area contributed by atoms with E-state index in [1.165, 1.54) is 21.7 Å². The predicted molar refractivity (Wildman–Crippen MR) is 251 cm³/mol. The van der Waals surface area contributed by atoms with Crippen molar-refractivity contribution in [3.8, 4) is 16.2 Å². The number of carbonyl (C=O) groups excluding carboxylic acids is 3. The Morgan fingerprint density at radius 1 is 0.903 bits per heavy atom. The van der Waals surface area contributed by atoms with Gasteiger partial charge in [0.15, 0.2) is 0 Å². The smallest absolute Gasteiger partial charge is 0.243 e. The number of aryl methyl sites for hydroxylation is 1. The summed E-state index contributed by atoms with van der Waals surface area (Å²) in [5.74, 6) is -0.841. The van der Waals surface area contributed by atoms with Crippen LogP contribution < -0.4 is 25.6 Å². The van der Waals surface area contributed by atoms with E-state index in [4.69, 9.17) is 4.74 Å². The number of hydrogen-bond donors (Lipinski definition) is 4. The van der Waals surface area contributed by atoms with Gasteiger partial charge in [-0.05, 0) is 92.1 Å². The highest BCUT2D eigenvalue weighted by atomic mass is 32.1. The van der Waals surface area contributed by atoms with Gasteiger partial charge in [-0.2, -0.15) is 0 Å². The van der Waals surface area contributed by atoms with Gasteiger partial charge < -0.3 is 35.6 Å². The number of rotatable bonds is 24. The van der Waals surface area contributed by atoms with Crippen molar-refractivity contribution in [2.45, 2.75) is 117 Å². The van der Waals surface area contributed by atoms with Crippen LogP contribution in [0.5, 0.6) is 5.75 Å². The van der Waals surface area contributed by atoms with E-state index < -0.39 is 23.5 Å². The topological polar surface area (TPSA) is 136 Å². The third-order valence-corrected chi connectivity index (χ3v) is 12.6. The minimum atomic E-state index is -0.900. The number of aliphatic hydroxyl groups is 1. The molecule has 3 unspecified atom stereocenters. The maximum absolute atomic E-state index is 14.1. The van der Waals surface area contributed by atoms with Crippen LogP contribution in [0, 0.1) is 18.3 Å². The molecule has 1 aliphatic rings. The van der Waals surface area contributed by atoms with Crippen molar-refractivity contribution in [2.24, 2.45) is 11.3 Å². The normalized spacial score (nSPS) is 16.2. The van der Waals surface area contributed by atoms with Crippen molar-refractivity contribution in [2.75, 3.05) is 45.2 Å². The SMILES string of the molecule is Cc1ncsc1-c1ccc(C(C)NC(=O)C2CC(O)CN2C(=O)[C@H](C(=O)CCCCCCCOc2ccc(CNCCCNCc3ccccc3N(C)C)cc2)C(C)(C)C)cc1. The van der Waals surface area contributed by atoms with E-state index in [9.17, 15) is 19.5 Å². The molecule has 0 saturated carbocycles. The highest BCUT2D eigenvalue weighted by Crippen LogP contribution is 2.34. The number of Topliss-reactive ketones (excluding diaryl/α,β-unsaturated/α-hetero) is 1. The fourth-order valence-electron chi connectivity index (χ4n) is 8.22. The second-order valence-corrected chi connectivity index (χ2v) is 18.9. The molecule has 2 amide bonds. The van der Waals surface area contributed by atoms with Gasteiger partial charge in [0.1, 0.15) is 23.5 Å².